The summed E-state index contributed by atoms with van der Waals surface area (Å²) in [6, 6.07) is 9.08. The van der Waals surface area contributed by atoms with E-state index in [-0.39, 0.29) is 23.8 Å². The molecule has 3 heterocycles. The van der Waals surface area contributed by atoms with Gasteiger partial charge in [0.15, 0.2) is 0 Å². The van der Waals surface area contributed by atoms with Gasteiger partial charge in [-0.2, -0.15) is 0 Å². The molecule has 198 valence electrons. The molecule has 1 atom stereocenters. The third-order valence-electron chi connectivity index (χ3n) is 7.74. The van der Waals surface area contributed by atoms with Crippen molar-refractivity contribution in [3.05, 3.63) is 35.9 Å². The lowest BCUT2D eigenvalue weighted by atomic mass is 9.76. The predicted molar refractivity (Wildman–Crippen MR) is 141 cm³/mol. The van der Waals surface area contributed by atoms with Gasteiger partial charge in [-0.1, -0.05) is 26.0 Å². The second-order valence-electron chi connectivity index (χ2n) is 10.7. The lowest BCUT2D eigenvalue weighted by molar-refractivity contribution is -0.134. The number of amides is 3. The third kappa shape index (κ3) is 4.85. The number of aldehydes is 1. The number of carbonyl (C=O) groups is 4. The molecule has 9 nitrogen and oxygen atoms in total. The summed E-state index contributed by atoms with van der Waals surface area (Å²) in [5.74, 6) is -0.932. The van der Waals surface area contributed by atoms with Gasteiger partial charge in [0.2, 0.25) is 11.8 Å². The van der Waals surface area contributed by atoms with Crippen LogP contribution in [0.25, 0.3) is 10.8 Å². The van der Waals surface area contributed by atoms with Crippen LogP contribution >= 0.6 is 0 Å². The summed E-state index contributed by atoms with van der Waals surface area (Å²) in [6.07, 6.45) is 3.76. The lowest BCUT2D eigenvalue weighted by Gasteiger charge is -2.44. The van der Waals surface area contributed by atoms with Crippen LogP contribution in [0.5, 0.6) is 0 Å². The molecule has 3 aliphatic heterocycles. The van der Waals surface area contributed by atoms with Gasteiger partial charge in [-0.05, 0) is 49.3 Å². The normalized spacial score (nSPS) is 21.0. The molecule has 3 amide bonds. The molecule has 3 aliphatic rings. The molecule has 37 heavy (non-hydrogen) atoms. The molecule has 5 rings (SSSR count). The highest BCUT2D eigenvalue weighted by molar-refractivity contribution is 6.27. The topological polar surface area (TPSA) is 116 Å². The number of piperidine rings is 2. The number of ether oxygens (including phenoxy) is 1. The van der Waals surface area contributed by atoms with Gasteiger partial charge in [-0.25, -0.2) is 0 Å². The van der Waals surface area contributed by atoms with E-state index in [1.807, 2.05) is 38.1 Å². The fourth-order valence-corrected chi connectivity index (χ4v) is 5.92. The standard InChI is InChI=1S/C27H31N3O5.CH4O/c1-26(2,16-31)15-27(35-3)9-11-29(12-10-27)18-13-17-5-4-6-20-23(17)19(14-18)25(34)30(20)21-7-8-22(32)28-24(21)33;1-2/h4-6,13-14,16,21H,7-12,15H2,1-3H3,(H,28,32,33);2H,1H3. The second kappa shape index (κ2) is 10.2. The van der Waals surface area contributed by atoms with Gasteiger partial charge < -0.3 is 19.5 Å². The van der Waals surface area contributed by atoms with Crippen LogP contribution in [0.15, 0.2) is 30.3 Å². The Morgan fingerprint density at radius 1 is 1.16 bits per heavy atom. The number of methoxy groups -OCH3 is 1. The van der Waals surface area contributed by atoms with E-state index < -0.39 is 17.4 Å². The number of anilines is 2. The first kappa shape index (κ1) is 26.8. The Bertz CT molecular complexity index is 1230. The second-order valence-corrected chi connectivity index (χ2v) is 10.7. The molecule has 0 bridgehead atoms. The number of aliphatic hydroxyl groups excluding tert-OH is 1. The van der Waals surface area contributed by atoms with E-state index in [2.05, 4.69) is 16.3 Å². The fourth-order valence-electron chi connectivity index (χ4n) is 5.92. The maximum absolute atomic E-state index is 13.6. The molecule has 9 heteroatoms. The van der Waals surface area contributed by atoms with E-state index in [1.54, 1.807) is 12.0 Å². The third-order valence-corrected chi connectivity index (χ3v) is 7.74. The van der Waals surface area contributed by atoms with Crippen LogP contribution < -0.4 is 15.1 Å². The number of nitrogens with one attached hydrogen (secondary N) is 1. The number of hydrogen-bond acceptors (Lipinski definition) is 7. The number of imide groups is 1. The maximum Gasteiger partial charge on any atom is 0.259 e. The molecule has 2 saturated heterocycles. The average Bonchev–Trinajstić information content (AvgIpc) is 3.18. The first-order chi connectivity index (χ1) is 17.7. The first-order valence-corrected chi connectivity index (χ1v) is 12.6. The number of hydrogen-bond donors (Lipinski definition) is 2. The molecule has 2 aromatic carbocycles. The first-order valence-electron chi connectivity index (χ1n) is 12.6. The Labute approximate surface area is 216 Å². The van der Waals surface area contributed by atoms with Crippen molar-refractivity contribution < 1.29 is 29.0 Å². The molecule has 0 aliphatic carbocycles. The lowest BCUT2D eigenvalue weighted by Crippen LogP contribution is -2.53. The van der Waals surface area contributed by atoms with Crippen LogP contribution in [0.3, 0.4) is 0 Å². The summed E-state index contributed by atoms with van der Waals surface area (Å²) in [7, 11) is 2.72. The quantitative estimate of drug-likeness (QED) is 0.454. The Morgan fingerprint density at radius 3 is 2.49 bits per heavy atom. The monoisotopic (exact) mass is 509 g/mol. The van der Waals surface area contributed by atoms with Gasteiger partial charge in [0, 0.05) is 50.2 Å². The zero-order valence-corrected chi connectivity index (χ0v) is 21.9. The number of rotatable bonds is 6. The van der Waals surface area contributed by atoms with E-state index in [0.29, 0.717) is 18.4 Å². The van der Waals surface area contributed by atoms with E-state index >= 15 is 0 Å². The van der Waals surface area contributed by atoms with Crippen LogP contribution in [0.2, 0.25) is 0 Å². The van der Waals surface area contributed by atoms with E-state index in [9.17, 15) is 19.2 Å². The molecule has 0 saturated carbocycles. The van der Waals surface area contributed by atoms with Gasteiger partial charge in [-0.3, -0.25) is 24.6 Å². The van der Waals surface area contributed by atoms with Gasteiger partial charge in [-0.15, -0.1) is 0 Å². The summed E-state index contributed by atoms with van der Waals surface area (Å²) < 4.78 is 5.93. The minimum absolute atomic E-state index is 0.205. The van der Waals surface area contributed by atoms with E-state index in [0.717, 1.165) is 61.5 Å². The molecular weight excluding hydrogens is 474 g/mol. The maximum atomic E-state index is 13.6. The SMILES string of the molecule is CO.COC1(CC(C)(C)C=O)CCN(c2cc3c4c(cccc4c2)N(C2CCC(=O)NC2=O)C3=O)CC1. The van der Waals surface area contributed by atoms with Crippen molar-refractivity contribution in [1.29, 1.82) is 0 Å². The highest BCUT2D eigenvalue weighted by atomic mass is 16.5. The zero-order chi connectivity index (χ0) is 27.0. The van der Waals surface area contributed by atoms with Crippen molar-refractivity contribution in [1.82, 2.24) is 5.32 Å². The molecular formula is C28H35N3O6. The number of benzene rings is 2. The Balaban J connectivity index is 0.00000156. The van der Waals surface area contributed by atoms with Crippen molar-refractivity contribution in [2.75, 3.05) is 37.1 Å². The predicted octanol–water partition coefficient (Wildman–Crippen LogP) is 2.81. The summed E-state index contributed by atoms with van der Waals surface area (Å²) in [6.45, 7) is 5.38. The van der Waals surface area contributed by atoms with Crippen molar-refractivity contribution >= 4 is 46.2 Å². The van der Waals surface area contributed by atoms with Crippen LogP contribution in [0.4, 0.5) is 11.4 Å². The van der Waals surface area contributed by atoms with Crippen molar-refractivity contribution in [2.45, 2.75) is 57.6 Å². The summed E-state index contributed by atoms with van der Waals surface area (Å²) >= 11 is 0. The van der Waals surface area contributed by atoms with Crippen LogP contribution in [-0.4, -0.2) is 68.1 Å². The van der Waals surface area contributed by atoms with Crippen LogP contribution in [0.1, 0.15) is 56.3 Å². The Morgan fingerprint density at radius 2 is 1.86 bits per heavy atom. The molecule has 0 aromatic heterocycles. The van der Waals surface area contributed by atoms with Gasteiger partial charge in [0.05, 0.1) is 16.9 Å². The largest absolute Gasteiger partial charge is 0.400 e. The Hall–Kier alpha value is -3.30. The van der Waals surface area contributed by atoms with Crippen molar-refractivity contribution in [3.63, 3.8) is 0 Å². The van der Waals surface area contributed by atoms with Gasteiger partial charge in [0.1, 0.15) is 12.3 Å². The van der Waals surface area contributed by atoms with Crippen LogP contribution in [0, 0.1) is 5.41 Å². The number of aliphatic hydroxyl groups is 1. The highest BCUT2D eigenvalue weighted by Gasteiger charge is 2.42. The summed E-state index contributed by atoms with van der Waals surface area (Å²) in [5, 5.41) is 11.2. The molecule has 0 radical (unpaired) electrons. The molecule has 0 spiro atoms. The smallest absolute Gasteiger partial charge is 0.259 e. The van der Waals surface area contributed by atoms with Crippen molar-refractivity contribution in [3.8, 4) is 0 Å². The molecule has 2 N–H and O–H groups in total. The van der Waals surface area contributed by atoms with Gasteiger partial charge in [0.25, 0.3) is 5.91 Å². The summed E-state index contributed by atoms with van der Waals surface area (Å²) in [4.78, 5) is 53.1. The average molecular weight is 510 g/mol. The fraction of sp³-hybridized carbons (Fsp3) is 0.500. The van der Waals surface area contributed by atoms with Crippen molar-refractivity contribution in [2.24, 2.45) is 5.41 Å². The van der Waals surface area contributed by atoms with E-state index in [4.69, 9.17) is 9.84 Å². The molecule has 2 fully saturated rings. The number of carbonyl (C=O) groups excluding carboxylic acids is 4. The van der Waals surface area contributed by atoms with Gasteiger partial charge >= 0.3 is 0 Å². The molecule has 1 unspecified atom stereocenters. The van der Waals surface area contributed by atoms with E-state index in [1.165, 1.54) is 0 Å². The highest BCUT2D eigenvalue weighted by Crippen LogP contribution is 2.43. The minimum atomic E-state index is -0.694. The Kier molecular flexibility index (Phi) is 7.39. The minimum Gasteiger partial charge on any atom is -0.400 e. The van der Waals surface area contributed by atoms with Crippen LogP contribution in [-0.2, 0) is 19.1 Å². The molecule has 2 aromatic rings. The zero-order valence-electron chi connectivity index (χ0n) is 21.9. The summed E-state index contributed by atoms with van der Waals surface area (Å²) in [5.41, 5.74) is 1.47. The number of nitrogens with zero attached hydrogens (tertiary/aromatic N) is 2.